The van der Waals surface area contributed by atoms with E-state index < -0.39 is 0 Å². The van der Waals surface area contributed by atoms with E-state index in [1.165, 1.54) is 0 Å². The van der Waals surface area contributed by atoms with Gasteiger partial charge in [0.15, 0.2) is 0 Å². The lowest BCUT2D eigenvalue weighted by molar-refractivity contribution is 0.0722. The maximum atomic E-state index is 12.9. The monoisotopic (exact) mass is 419 g/mol. The molecular weight excluding hydrogens is 401 g/mol. The van der Waals surface area contributed by atoms with Crippen LogP contribution in [0.5, 0.6) is 0 Å². The summed E-state index contributed by atoms with van der Waals surface area (Å²) in [4.78, 5) is 26.4. The molecule has 0 unspecified atom stereocenters. The maximum absolute atomic E-state index is 12.9. The molecule has 0 saturated heterocycles. The third-order valence-corrected chi connectivity index (χ3v) is 5.61. The Hall–Kier alpha value is -2.35. The summed E-state index contributed by atoms with van der Waals surface area (Å²) < 4.78 is 4.99. The molecule has 0 atom stereocenters. The number of nitrogens with zero attached hydrogens (tertiary/aromatic N) is 3. The van der Waals surface area contributed by atoms with Gasteiger partial charge >= 0.3 is 0 Å². The molecule has 1 aromatic carbocycles. The quantitative estimate of drug-likeness (QED) is 0.618. The number of fused-ring (bicyclic) bond motifs is 3. The summed E-state index contributed by atoms with van der Waals surface area (Å²) in [5, 5.41) is 5.13. The third kappa shape index (κ3) is 3.53. The predicted octanol–water partition coefficient (Wildman–Crippen LogP) is 3.52. The number of amides is 1. The number of carbonyl (C=O) groups is 1. The first kappa shape index (κ1) is 19.0. The zero-order valence-corrected chi connectivity index (χ0v) is 16.8. The van der Waals surface area contributed by atoms with Crippen molar-refractivity contribution in [3.63, 3.8) is 0 Å². The van der Waals surface area contributed by atoms with Crippen LogP contribution in [-0.2, 0) is 17.7 Å². The van der Waals surface area contributed by atoms with Crippen molar-refractivity contribution < 1.29 is 9.53 Å². The number of hydrogen-bond donors (Lipinski definition) is 2. The SMILES string of the molecule is COCCNc1cnc(C(=O)N2CCc3[nH]c4c(Cl)c(Cl)ccc4c3C2)nc1. The molecule has 1 aliphatic rings. The fourth-order valence-corrected chi connectivity index (χ4v) is 3.74. The Morgan fingerprint density at radius 1 is 1.32 bits per heavy atom. The lowest BCUT2D eigenvalue weighted by Gasteiger charge is -2.26. The summed E-state index contributed by atoms with van der Waals surface area (Å²) in [5.74, 6) is -0.00911. The van der Waals surface area contributed by atoms with Gasteiger partial charge in [0, 0.05) is 49.8 Å². The van der Waals surface area contributed by atoms with Gasteiger partial charge in [0.1, 0.15) is 0 Å². The van der Waals surface area contributed by atoms with E-state index in [1.54, 1.807) is 30.5 Å². The Morgan fingerprint density at radius 2 is 2.11 bits per heavy atom. The normalized spacial score (nSPS) is 13.6. The molecule has 28 heavy (non-hydrogen) atoms. The predicted molar refractivity (Wildman–Crippen MR) is 109 cm³/mol. The van der Waals surface area contributed by atoms with E-state index in [2.05, 4.69) is 20.3 Å². The number of benzene rings is 1. The topological polar surface area (TPSA) is 83.1 Å². The minimum atomic E-state index is -0.191. The second-order valence-electron chi connectivity index (χ2n) is 6.56. The fourth-order valence-electron chi connectivity index (χ4n) is 3.37. The molecule has 2 N–H and O–H groups in total. The fraction of sp³-hybridized carbons (Fsp3) is 0.316. The number of rotatable bonds is 5. The zero-order chi connectivity index (χ0) is 19.7. The van der Waals surface area contributed by atoms with Crippen LogP contribution >= 0.6 is 23.2 Å². The number of anilines is 1. The second-order valence-corrected chi connectivity index (χ2v) is 7.34. The molecule has 3 aromatic rings. The van der Waals surface area contributed by atoms with Crippen molar-refractivity contribution in [1.82, 2.24) is 19.9 Å². The highest BCUT2D eigenvalue weighted by atomic mass is 35.5. The molecule has 0 spiro atoms. The van der Waals surface area contributed by atoms with E-state index in [4.69, 9.17) is 27.9 Å². The van der Waals surface area contributed by atoms with Gasteiger partial charge in [-0.3, -0.25) is 4.79 Å². The molecule has 7 nitrogen and oxygen atoms in total. The number of hydrogen-bond acceptors (Lipinski definition) is 5. The summed E-state index contributed by atoms with van der Waals surface area (Å²) in [5.41, 5.74) is 3.71. The molecule has 1 amide bonds. The number of carbonyl (C=O) groups excluding carboxylic acids is 1. The number of H-pyrrole nitrogens is 1. The van der Waals surface area contributed by atoms with Gasteiger partial charge in [0.25, 0.3) is 5.91 Å². The number of halogens is 2. The van der Waals surface area contributed by atoms with E-state index in [1.807, 2.05) is 6.07 Å². The number of ether oxygens (including phenoxy) is 1. The standard InChI is InChI=1S/C19H19Cl2N5O2/c1-28-7-5-22-11-8-23-18(24-9-11)19(27)26-6-4-15-13(10-26)12-2-3-14(20)16(21)17(12)25-15/h2-3,8-9,22,25H,4-7,10H2,1H3. The van der Waals surface area contributed by atoms with Crippen molar-refractivity contribution in [2.24, 2.45) is 0 Å². The van der Waals surface area contributed by atoms with Crippen LogP contribution in [0.1, 0.15) is 21.9 Å². The largest absolute Gasteiger partial charge is 0.383 e. The van der Waals surface area contributed by atoms with Crippen LogP contribution in [0.4, 0.5) is 5.69 Å². The van der Waals surface area contributed by atoms with Crippen LogP contribution in [0.25, 0.3) is 10.9 Å². The average molecular weight is 420 g/mol. The summed E-state index contributed by atoms with van der Waals surface area (Å²) in [6.07, 6.45) is 3.93. The zero-order valence-electron chi connectivity index (χ0n) is 15.3. The van der Waals surface area contributed by atoms with E-state index in [9.17, 15) is 4.79 Å². The van der Waals surface area contributed by atoms with Gasteiger partial charge in [-0.15, -0.1) is 0 Å². The summed E-state index contributed by atoms with van der Waals surface area (Å²) in [7, 11) is 1.64. The number of aromatic amines is 1. The molecule has 9 heteroatoms. The Bertz CT molecular complexity index is 1020. The number of methoxy groups -OCH3 is 1. The molecule has 3 heterocycles. The third-order valence-electron chi connectivity index (χ3n) is 4.81. The molecule has 0 radical (unpaired) electrons. The molecule has 2 aromatic heterocycles. The maximum Gasteiger partial charge on any atom is 0.291 e. The highest BCUT2D eigenvalue weighted by Gasteiger charge is 2.27. The first-order valence-electron chi connectivity index (χ1n) is 8.90. The smallest absolute Gasteiger partial charge is 0.291 e. The van der Waals surface area contributed by atoms with Crippen LogP contribution < -0.4 is 5.32 Å². The molecule has 0 aliphatic carbocycles. The highest BCUT2D eigenvalue weighted by Crippen LogP contribution is 2.35. The van der Waals surface area contributed by atoms with Gasteiger partial charge in [0.2, 0.25) is 5.82 Å². The molecule has 0 bridgehead atoms. The molecular formula is C19H19Cl2N5O2. The molecule has 146 valence electrons. The number of aromatic nitrogens is 3. The summed E-state index contributed by atoms with van der Waals surface area (Å²) >= 11 is 12.4. The van der Waals surface area contributed by atoms with Crippen molar-refractivity contribution in [3.05, 3.63) is 51.7 Å². The first-order chi connectivity index (χ1) is 13.6. The van der Waals surface area contributed by atoms with Crippen molar-refractivity contribution >= 4 is 45.7 Å². The van der Waals surface area contributed by atoms with Gasteiger partial charge in [-0.2, -0.15) is 0 Å². The van der Waals surface area contributed by atoms with E-state index in [0.717, 1.165) is 27.8 Å². The first-order valence-corrected chi connectivity index (χ1v) is 9.65. The van der Waals surface area contributed by atoms with Crippen molar-refractivity contribution in [3.8, 4) is 0 Å². The Labute approximate surface area is 172 Å². The molecule has 1 aliphatic heterocycles. The minimum Gasteiger partial charge on any atom is -0.383 e. The van der Waals surface area contributed by atoms with E-state index in [-0.39, 0.29) is 11.7 Å². The summed E-state index contributed by atoms with van der Waals surface area (Å²) in [6.45, 7) is 2.29. The van der Waals surface area contributed by atoms with Crippen molar-refractivity contribution in [1.29, 1.82) is 0 Å². The van der Waals surface area contributed by atoms with Crippen LogP contribution in [0.15, 0.2) is 24.5 Å². The highest BCUT2D eigenvalue weighted by molar-refractivity contribution is 6.45. The van der Waals surface area contributed by atoms with E-state index >= 15 is 0 Å². The van der Waals surface area contributed by atoms with E-state index in [0.29, 0.717) is 42.7 Å². The lowest BCUT2D eigenvalue weighted by Crippen LogP contribution is -2.36. The van der Waals surface area contributed by atoms with Gasteiger partial charge < -0.3 is 19.9 Å². The Kier molecular flexibility index (Phi) is 5.39. The van der Waals surface area contributed by atoms with Crippen molar-refractivity contribution in [2.45, 2.75) is 13.0 Å². The summed E-state index contributed by atoms with van der Waals surface area (Å²) in [6, 6.07) is 3.71. The van der Waals surface area contributed by atoms with Gasteiger partial charge in [0.05, 0.1) is 40.2 Å². The van der Waals surface area contributed by atoms with Crippen LogP contribution in [0, 0.1) is 0 Å². The van der Waals surface area contributed by atoms with Crippen LogP contribution in [0.2, 0.25) is 10.0 Å². The van der Waals surface area contributed by atoms with Gasteiger partial charge in [-0.05, 0) is 6.07 Å². The molecule has 0 saturated carbocycles. The average Bonchev–Trinajstić information content (AvgIpc) is 3.09. The molecule has 0 fully saturated rings. The van der Waals surface area contributed by atoms with Crippen molar-refractivity contribution in [2.75, 3.05) is 32.1 Å². The lowest BCUT2D eigenvalue weighted by atomic mass is 10.0. The minimum absolute atomic E-state index is 0.182. The van der Waals surface area contributed by atoms with Gasteiger partial charge in [-0.25, -0.2) is 9.97 Å². The van der Waals surface area contributed by atoms with Crippen LogP contribution in [-0.4, -0.2) is 52.6 Å². The van der Waals surface area contributed by atoms with Gasteiger partial charge in [-0.1, -0.05) is 29.3 Å². The molecule has 4 rings (SSSR count). The van der Waals surface area contributed by atoms with Crippen LogP contribution in [0.3, 0.4) is 0 Å². The number of nitrogens with one attached hydrogen (secondary N) is 2. The second kappa shape index (κ2) is 7.95. The Morgan fingerprint density at radius 3 is 2.86 bits per heavy atom. The Balaban J connectivity index is 1.52.